The molecule has 2 saturated heterocycles. The molecule has 2 rings (SSSR count). The van der Waals surface area contributed by atoms with Crippen molar-refractivity contribution in [3.8, 4) is 0 Å². The number of nitrogens with zero attached hydrogens (tertiary/aromatic N) is 2. The second-order valence-electron chi connectivity index (χ2n) is 6.54. The van der Waals surface area contributed by atoms with Crippen molar-refractivity contribution in [1.82, 2.24) is 10.2 Å². The Balaban J connectivity index is 0.00000264. The zero-order valence-electron chi connectivity index (χ0n) is 14.8. The Morgan fingerprint density at radius 1 is 1.30 bits per heavy atom. The summed E-state index contributed by atoms with van der Waals surface area (Å²) in [6.45, 7) is 11.0. The zero-order chi connectivity index (χ0) is 16.0. The Kier molecular flexibility index (Phi) is 9.10. The van der Waals surface area contributed by atoms with E-state index in [1.54, 1.807) is 7.11 Å². The number of methoxy groups -OCH3 is 1. The predicted molar refractivity (Wildman–Crippen MR) is 103 cm³/mol. The van der Waals surface area contributed by atoms with E-state index >= 15 is 0 Å². The van der Waals surface area contributed by atoms with Crippen molar-refractivity contribution in [2.75, 3.05) is 46.5 Å². The smallest absolute Gasteiger partial charge is 0.194 e. The summed E-state index contributed by atoms with van der Waals surface area (Å²) in [5.41, 5.74) is -0.249. The first-order valence-corrected chi connectivity index (χ1v) is 8.37. The lowest BCUT2D eigenvalue weighted by molar-refractivity contribution is -0.0817. The number of ether oxygens (including phenoxy) is 3. The summed E-state index contributed by atoms with van der Waals surface area (Å²) in [6.07, 6.45) is 2.63. The molecule has 0 radical (unpaired) electrons. The van der Waals surface area contributed by atoms with E-state index in [-0.39, 0.29) is 41.8 Å². The van der Waals surface area contributed by atoms with Gasteiger partial charge in [0.25, 0.3) is 0 Å². The summed E-state index contributed by atoms with van der Waals surface area (Å²) in [7, 11) is 1.73. The van der Waals surface area contributed by atoms with Crippen LogP contribution in [-0.2, 0) is 14.2 Å². The normalized spacial score (nSPS) is 26.1. The largest absolute Gasteiger partial charge is 0.377 e. The molecule has 136 valence electrons. The number of aliphatic imine (C=N–C) groups is 1. The van der Waals surface area contributed by atoms with E-state index in [1.807, 2.05) is 0 Å². The van der Waals surface area contributed by atoms with E-state index in [9.17, 15) is 0 Å². The molecule has 2 unspecified atom stereocenters. The van der Waals surface area contributed by atoms with Crippen LogP contribution >= 0.6 is 24.0 Å². The Morgan fingerprint density at radius 2 is 2.04 bits per heavy atom. The molecule has 0 aliphatic carbocycles. The van der Waals surface area contributed by atoms with Gasteiger partial charge in [0.1, 0.15) is 6.10 Å². The molecular weight excluding hydrogens is 409 g/mol. The standard InChI is InChI=1S/C16H31N3O3.HI/c1-5-17-15(18-12-16(2,3)20-4)19-8-10-22-14(11-19)13-7-6-9-21-13;/h13-14H,5-12H2,1-4H3,(H,17,18);1H. The van der Waals surface area contributed by atoms with Gasteiger partial charge in [0.2, 0.25) is 0 Å². The number of halogens is 1. The number of guanidine groups is 1. The van der Waals surface area contributed by atoms with E-state index in [1.165, 1.54) is 0 Å². The summed E-state index contributed by atoms with van der Waals surface area (Å²) in [4.78, 5) is 7.03. The van der Waals surface area contributed by atoms with Gasteiger partial charge in [-0.2, -0.15) is 0 Å². The maximum Gasteiger partial charge on any atom is 0.194 e. The molecule has 0 aromatic heterocycles. The van der Waals surface area contributed by atoms with Crippen LogP contribution in [0.3, 0.4) is 0 Å². The third-order valence-electron chi connectivity index (χ3n) is 4.27. The highest BCUT2D eigenvalue weighted by atomic mass is 127. The molecule has 1 N–H and O–H groups in total. The predicted octanol–water partition coefficient (Wildman–Crippen LogP) is 1.87. The molecule has 2 atom stereocenters. The Hall–Kier alpha value is -0.120. The highest BCUT2D eigenvalue weighted by Gasteiger charge is 2.32. The van der Waals surface area contributed by atoms with Crippen molar-refractivity contribution in [3.63, 3.8) is 0 Å². The lowest BCUT2D eigenvalue weighted by atomic mass is 10.1. The van der Waals surface area contributed by atoms with Crippen LogP contribution in [0.25, 0.3) is 0 Å². The second kappa shape index (κ2) is 10.0. The lowest BCUT2D eigenvalue weighted by Crippen LogP contribution is -2.53. The SMILES string of the molecule is CCNC(=NCC(C)(C)OC)N1CCOC(C2CCCO2)C1.I. The van der Waals surface area contributed by atoms with Crippen LogP contribution in [0.4, 0.5) is 0 Å². The number of morpholine rings is 1. The molecule has 0 amide bonds. The van der Waals surface area contributed by atoms with Gasteiger partial charge in [-0.05, 0) is 33.6 Å². The first-order chi connectivity index (χ1) is 10.6. The summed E-state index contributed by atoms with van der Waals surface area (Å²) in [5.74, 6) is 0.943. The van der Waals surface area contributed by atoms with Crippen LogP contribution in [0.2, 0.25) is 0 Å². The molecule has 0 aromatic carbocycles. The molecule has 0 aromatic rings. The molecule has 7 heteroatoms. The van der Waals surface area contributed by atoms with Crippen LogP contribution in [0, 0.1) is 0 Å². The van der Waals surface area contributed by atoms with E-state index in [0.717, 1.165) is 51.6 Å². The van der Waals surface area contributed by atoms with Crippen LogP contribution in [0.1, 0.15) is 33.6 Å². The minimum atomic E-state index is -0.249. The van der Waals surface area contributed by atoms with Crippen molar-refractivity contribution < 1.29 is 14.2 Å². The molecule has 23 heavy (non-hydrogen) atoms. The molecule has 0 bridgehead atoms. The van der Waals surface area contributed by atoms with Crippen LogP contribution in [0.15, 0.2) is 4.99 Å². The van der Waals surface area contributed by atoms with E-state index in [0.29, 0.717) is 6.54 Å². The summed E-state index contributed by atoms with van der Waals surface area (Å²) in [6, 6.07) is 0. The average Bonchev–Trinajstić information content (AvgIpc) is 3.06. The van der Waals surface area contributed by atoms with E-state index < -0.39 is 0 Å². The minimum Gasteiger partial charge on any atom is -0.377 e. The monoisotopic (exact) mass is 441 g/mol. The van der Waals surface area contributed by atoms with Gasteiger partial charge in [-0.1, -0.05) is 0 Å². The van der Waals surface area contributed by atoms with Crippen LogP contribution in [0.5, 0.6) is 0 Å². The topological polar surface area (TPSA) is 55.3 Å². The number of hydrogen-bond donors (Lipinski definition) is 1. The first-order valence-electron chi connectivity index (χ1n) is 8.37. The maximum atomic E-state index is 5.91. The van der Waals surface area contributed by atoms with Gasteiger partial charge in [-0.25, -0.2) is 0 Å². The average molecular weight is 441 g/mol. The maximum absolute atomic E-state index is 5.91. The Bertz CT molecular complexity index is 374. The minimum absolute atomic E-state index is 0. The number of hydrogen-bond acceptors (Lipinski definition) is 4. The van der Waals surface area contributed by atoms with Crippen molar-refractivity contribution in [3.05, 3.63) is 0 Å². The van der Waals surface area contributed by atoms with Gasteiger partial charge in [-0.3, -0.25) is 4.99 Å². The van der Waals surface area contributed by atoms with Crippen molar-refractivity contribution in [2.45, 2.75) is 51.4 Å². The third kappa shape index (κ3) is 6.36. The summed E-state index contributed by atoms with van der Waals surface area (Å²) < 4.78 is 17.2. The molecule has 0 saturated carbocycles. The van der Waals surface area contributed by atoms with Gasteiger partial charge in [0.05, 0.1) is 24.9 Å². The summed E-state index contributed by atoms with van der Waals surface area (Å²) >= 11 is 0. The molecule has 2 aliphatic heterocycles. The number of nitrogens with one attached hydrogen (secondary N) is 1. The fraction of sp³-hybridized carbons (Fsp3) is 0.938. The second-order valence-corrected chi connectivity index (χ2v) is 6.54. The van der Waals surface area contributed by atoms with Crippen LogP contribution < -0.4 is 5.32 Å². The third-order valence-corrected chi connectivity index (χ3v) is 4.27. The highest BCUT2D eigenvalue weighted by Crippen LogP contribution is 2.21. The van der Waals surface area contributed by atoms with Gasteiger partial charge in [-0.15, -0.1) is 24.0 Å². The van der Waals surface area contributed by atoms with Gasteiger partial charge >= 0.3 is 0 Å². The lowest BCUT2D eigenvalue weighted by Gasteiger charge is -2.37. The van der Waals surface area contributed by atoms with E-state index in [4.69, 9.17) is 19.2 Å². The molecule has 2 heterocycles. The van der Waals surface area contributed by atoms with Crippen molar-refractivity contribution in [2.24, 2.45) is 4.99 Å². The zero-order valence-corrected chi connectivity index (χ0v) is 17.2. The van der Waals surface area contributed by atoms with Gasteiger partial charge in [0, 0.05) is 33.4 Å². The molecule has 2 fully saturated rings. The number of rotatable bonds is 5. The van der Waals surface area contributed by atoms with Crippen molar-refractivity contribution in [1.29, 1.82) is 0 Å². The van der Waals surface area contributed by atoms with Crippen LogP contribution in [-0.4, -0.2) is 75.2 Å². The molecular formula is C16H32IN3O3. The highest BCUT2D eigenvalue weighted by molar-refractivity contribution is 14.0. The van der Waals surface area contributed by atoms with Gasteiger partial charge < -0.3 is 24.4 Å². The first kappa shape index (κ1) is 20.9. The fourth-order valence-corrected chi connectivity index (χ4v) is 2.74. The Morgan fingerprint density at radius 3 is 2.65 bits per heavy atom. The Labute approximate surface area is 157 Å². The fourth-order valence-electron chi connectivity index (χ4n) is 2.74. The summed E-state index contributed by atoms with van der Waals surface area (Å²) in [5, 5.41) is 3.38. The van der Waals surface area contributed by atoms with Crippen molar-refractivity contribution >= 4 is 29.9 Å². The molecule has 2 aliphatic rings. The molecule has 6 nitrogen and oxygen atoms in total. The quantitative estimate of drug-likeness (QED) is 0.401. The van der Waals surface area contributed by atoms with E-state index in [2.05, 4.69) is 31.0 Å². The van der Waals surface area contributed by atoms with Gasteiger partial charge in [0.15, 0.2) is 5.96 Å². The molecule has 0 spiro atoms.